The SMILES string of the molecule is C#CC#CC#CC#CN(C#CC#CC#CC#C)S(=O)(=O)C(F)(F)OC(F)F. The van der Waals surface area contributed by atoms with Gasteiger partial charge in [0.25, 0.3) is 0 Å². The van der Waals surface area contributed by atoms with E-state index in [0.29, 0.717) is 0 Å². The second-order valence-corrected chi connectivity index (χ2v) is 5.16. The molecule has 0 spiro atoms. The van der Waals surface area contributed by atoms with E-state index in [9.17, 15) is 26.0 Å². The van der Waals surface area contributed by atoms with Crippen molar-refractivity contribution in [1.82, 2.24) is 4.31 Å². The van der Waals surface area contributed by atoms with Crippen LogP contribution in [0.4, 0.5) is 17.6 Å². The molecule has 0 aliphatic heterocycles. The summed E-state index contributed by atoms with van der Waals surface area (Å²) in [7, 11) is -5.91. The average molecular weight is 389 g/mol. The Morgan fingerprint density at radius 3 is 1.52 bits per heavy atom. The standard InChI is InChI=1S/C18H3F4NO3S/c1-3-5-7-9-11-13-15-23(16-14-12-10-8-6-4-2)27(24,25)18(21,22)26-17(19)20/h1-2,17H. The molecule has 0 bridgehead atoms. The Labute approximate surface area is 153 Å². The quantitative estimate of drug-likeness (QED) is 0.402. The summed E-state index contributed by atoms with van der Waals surface area (Å²) in [6.07, 6.45) is 9.62. The summed E-state index contributed by atoms with van der Waals surface area (Å²) in [4.78, 5) is 0. The molecule has 0 amide bonds. The van der Waals surface area contributed by atoms with Crippen molar-refractivity contribution in [3.05, 3.63) is 0 Å². The fourth-order valence-electron chi connectivity index (χ4n) is 0.836. The molecule has 0 aliphatic rings. The Hall–Kier alpha value is -4.09. The summed E-state index contributed by atoms with van der Waals surface area (Å²) >= 11 is 0. The minimum Gasteiger partial charge on any atom is -0.243 e. The lowest BCUT2D eigenvalue weighted by Crippen LogP contribution is -2.41. The van der Waals surface area contributed by atoms with Gasteiger partial charge in [-0.05, 0) is 35.5 Å². The molecule has 0 saturated carbocycles. The second kappa shape index (κ2) is 11.5. The molecule has 0 aromatic heterocycles. The number of hydrogen-bond donors (Lipinski definition) is 0. The zero-order valence-corrected chi connectivity index (χ0v) is 13.6. The van der Waals surface area contributed by atoms with Crippen molar-refractivity contribution >= 4 is 10.0 Å². The molecule has 9 heteroatoms. The van der Waals surface area contributed by atoms with Gasteiger partial charge in [-0.15, -0.1) is 17.2 Å². The zero-order chi connectivity index (χ0) is 20.8. The first kappa shape index (κ1) is 22.9. The van der Waals surface area contributed by atoms with Gasteiger partial charge in [-0.25, -0.2) is 4.74 Å². The highest BCUT2D eigenvalue weighted by Gasteiger charge is 2.53. The monoisotopic (exact) mass is 389 g/mol. The Kier molecular flexibility index (Phi) is 9.73. The fourth-order valence-corrected chi connectivity index (χ4v) is 1.57. The third-order valence-corrected chi connectivity index (χ3v) is 3.09. The topological polar surface area (TPSA) is 46.6 Å². The lowest BCUT2D eigenvalue weighted by atomic mass is 10.5. The van der Waals surface area contributed by atoms with E-state index < -0.39 is 26.4 Å². The number of halogens is 4. The molecule has 4 nitrogen and oxygen atoms in total. The van der Waals surface area contributed by atoms with Crippen LogP contribution in [0, 0.1) is 96.0 Å². The molecule has 0 aliphatic carbocycles. The van der Waals surface area contributed by atoms with Gasteiger partial charge in [0.05, 0.1) is 12.1 Å². The second-order valence-electron chi connectivity index (χ2n) is 3.37. The molecule has 0 aromatic rings. The zero-order valence-electron chi connectivity index (χ0n) is 12.8. The number of nitrogens with zero attached hydrogens (tertiary/aromatic N) is 1. The first-order valence-electron chi connectivity index (χ1n) is 6.00. The predicted molar refractivity (Wildman–Crippen MR) is 87.1 cm³/mol. The third-order valence-electron chi connectivity index (χ3n) is 1.73. The van der Waals surface area contributed by atoms with Crippen molar-refractivity contribution in [2.45, 2.75) is 12.1 Å². The van der Waals surface area contributed by atoms with E-state index in [1.54, 1.807) is 12.1 Å². The Bertz CT molecular complexity index is 1070. The van der Waals surface area contributed by atoms with Gasteiger partial charge in [-0.2, -0.15) is 26.0 Å². The third kappa shape index (κ3) is 8.53. The van der Waals surface area contributed by atoms with E-state index in [-0.39, 0.29) is 0 Å². The van der Waals surface area contributed by atoms with Gasteiger partial charge in [0, 0.05) is 35.5 Å². The number of sulfonamides is 1. The van der Waals surface area contributed by atoms with Crippen molar-refractivity contribution in [2.24, 2.45) is 0 Å². The van der Waals surface area contributed by atoms with E-state index in [2.05, 4.69) is 40.3 Å². The fraction of sp³-hybridized carbons (Fsp3) is 0.111. The van der Waals surface area contributed by atoms with Crippen LogP contribution in [0.5, 0.6) is 0 Å². The molecule has 0 fully saturated rings. The summed E-state index contributed by atoms with van der Waals surface area (Å²) in [5.74, 6) is 23.9. The van der Waals surface area contributed by atoms with Crippen LogP contribution < -0.4 is 0 Å². The number of terminal acetylenes is 2. The van der Waals surface area contributed by atoms with Gasteiger partial charge in [0.15, 0.2) is 0 Å². The summed E-state index contributed by atoms with van der Waals surface area (Å²) in [5, 5.41) is 0. The molecular formula is C18H3F4NO3S. The molecule has 132 valence electrons. The van der Waals surface area contributed by atoms with Gasteiger partial charge >= 0.3 is 22.1 Å². The van der Waals surface area contributed by atoms with E-state index in [4.69, 9.17) is 12.8 Å². The Morgan fingerprint density at radius 2 is 1.15 bits per heavy atom. The highest BCUT2D eigenvalue weighted by molar-refractivity contribution is 7.90. The van der Waals surface area contributed by atoms with Gasteiger partial charge in [-0.3, -0.25) is 0 Å². The predicted octanol–water partition coefficient (Wildman–Crippen LogP) is 0.609. The maximum absolute atomic E-state index is 13.4. The number of ether oxygens (including phenoxy) is 1. The molecule has 0 radical (unpaired) electrons. The van der Waals surface area contributed by atoms with Gasteiger partial charge < -0.3 is 0 Å². The highest BCUT2D eigenvalue weighted by Crippen LogP contribution is 2.28. The largest absolute Gasteiger partial charge is 0.487 e. The summed E-state index contributed by atoms with van der Waals surface area (Å²) in [6.45, 7) is -4.09. The van der Waals surface area contributed by atoms with Gasteiger partial charge in [-0.1, -0.05) is 0 Å². The van der Waals surface area contributed by atoms with Crippen LogP contribution in [0.1, 0.15) is 0 Å². The van der Waals surface area contributed by atoms with E-state index in [1.807, 2.05) is 35.5 Å². The van der Waals surface area contributed by atoms with Gasteiger partial charge in [0.1, 0.15) is 0 Å². The van der Waals surface area contributed by atoms with Crippen molar-refractivity contribution in [3.8, 4) is 96.0 Å². The van der Waals surface area contributed by atoms with Crippen LogP contribution in [0.2, 0.25) is 0 Å². The van der Waals surface area contributed by atoms with Crippen molar-refractivity contribution in [1.29, 1.82) is 0 Å². The summed E-state index contributed by atoms with van der Waals surface area (Å²) in [5.41, 5.74) is -5.34. The molecular weight excluding hydrogens is 386 g/mol. The van der Waals surface area contributed by atoms with Crippen molar-refractivity contribution in [2.75, 3.05) is 0 Å². The molecule has 0 atom stereocenters. The van der Waals surface area contributed by atoms with Crippen LogP contribution in [0.15, 0.2) is 0 Å². The molecule has 0 saturated heterocycles. The van der Waals surface area contributed by atoms with Crippen LogP contribution >= 0.6 is 0 Å². The lowest BCUT2D eigenvalue weighted by Gasteiger charge is -2.18. The molecule has 0 unspecified atom stereocenters. The minimum atomic E-state index is -5.91. The van der Waals surface area contributed by atoms with E-state index in [0.717, 1.165) is 0 Å². The Balaban J connectivity index is 5.99. The Morgan fingerprint density at radius 1 is 0.778 bits per heavy atom. The minimum absolute atomic E-state index is 0.484. The van der Waals surface area contributed by atoms with Crippen LogP contribution in [-0.2, 0) is 14.8 Å². The smallest absolute Gasteiger partial charge is 0.243 e. The molecule has 0 rings (SSSR count). The number of alkyl halides is 4. The molecule has 27 heavy (non-hydrogen) atoms. The van der Waals surface area contributed by atoms with Crippen LogP contribution in [-0.4, -0.2) is 24.8 Å². The molecule has 0 N–H and O–H groups in total. The molecule has 0 aromatic carbocycles. The maximum Gasteiger partial charge on any atom is 0.487 e. The van der Waals surface area contributed by atoms with E-state index in [1.165, 1.54) is 0 Å². The first-order valence-corrected chi connectivity index (χ1v) is 7.44. The van der Waals surface area contributed by atoms with Crippen LogP contribution in [0.3, 0.4) is 0 Å². The van der Waals surface area contributed by atoms with Crippen molar-refractivity contribution in [3.63, 3.8) is 0 Å². The van der Waals surface area contributed by atoms with Crippen molar-refractivity contribution < 1.29 is 30.7 Å². The lowest BCUT2D eigenvalue weighted by molar-refractivity contribution is -0.273. The number of hydrogen-bond acceptors (Lipinski definition) is 3. The average Bonchev–Trinajstić information content (AvgIpc) is 2.57. The maximum atomic E-state index is 13.4. The first-order chi connectivity index (χ1) is 12.7. The number of rotatable bonds is 4. The van der Waals surface area contributed by atoms with Crippen LogP contribution in [0.25, 0.3) is 0 Å². The van der Waals surface area contributed by atoms with Gasteiger partial charge in [0.2, 0.25) is 0 Å². The molecule has 0 heterocycles. The highest BCUT2D eigenvalue weighted by atomic mass is 32.2. The van der Waals surface area contributed by atoms with E-state index >= 15 is 0 Å². The summed E-state index contributed by atoms with van der Waals surface area (Å²) < 4.78 is 76.7. The summed E-state index contributed by atoms with van der Waals surface area (Å²) in [6, 6.07) is 3.21. The normalized spacial score (nSPS) is 8.41.